The Morgan fingerprint density at radius 1 is 0.967 bits per heavy atom. The minimum absolute atomic E-state index is 0.196. The zero-order valence-electron chi connectivity index (χ0n) is 19.8. The molecule has 7 heteroatoms. The van der Waals surface area contributed by atoms with E-state index in [9.17, 15) is 9.59 Å². The molecule has 0 aromatic rings. The normalized spacial score (nSPS) is 23.9. The molecule has 1 aliphatic heterocycles. The lowest BCUT2D eigenvalue weighted by molar-refractivity contribution is -0.147. The molecule has 1 saturated heterocycles. The van der Waals surface area contributed by atoms with Crippen LogP contribution in [0.4, 0.5) is 4.79 Å². The minimum Gasteiger partial charge on any atom is -0.468 e. The molecular formula is C23H42N2O5. The van der Waals surface area contributed by atoms with Gasteiger partial charge < -0.3 is 19.1 Å². The van der Waals surface area contributed by atoms with E-state index in [0.717, 1.165) is 64.6 Å². The maximum absolute atomic E-state index is 12.2. The second-order valence-corrected chi connectivity index (χ2v) is 10.3. The molecule has 1 amide bonds. The summed E-state index contributed by atoms with van der Waals surface area (Å²) >= 11 is 0. The lowest BCUT2D eigenvalue weighted by Gasteiger charge is -2.35. The number of nitrogens with zero attached hydrogens (tertiary/aromatic N) is 1. The van der Waals surface area contributed by atoms with Crippen molar-refractivity contribution in [1.29, 1.82) is 0 Å². The third kappa shape index (κ3) is 8.06. The topological polar surface area (TPSA) is 77.1 Å². The molecule has 1 N–H and O–H groups in total. The number of amides is 1. The fourth-order valence-electron chi connectivity index (χ4n) is 4.33. The van der Waals surface area contributed by atoms with Crippen molar-refractivity contribution in [2.75, 3.05) is 26.8 Å². The molecule has 1 aliphatic carbocycles. The number of hydrogen-bond donors (Lipinski definition) is 1. The highest BCUT2D eigenvalue weighted by Gasteiger charge is 2.33. The lowest BCUT2D eigenvalue weighted by atomic mass is 9.90. The van der Waals surface area contributed by atoms with Crippen molar-refractivity contribution in [3.63, 3.8) is 0 Å². The summed E-state index contributed by atoms with van der Waals surface area (Å²) in [7, 11) is 1.43. The van der Waals surface area contributed by atoms with Gasteiger partial charge in [0.2, 0.25) is 0 Å². The van der Waals surface area contributed by atoms with E-state index in [4.69, 9.17) is 14.2 Å². The van der Waals surface area contributed by atoms with Gasteiger partial charge in [-0.3, -0.25) is 10.1 Å². The molecule has 2 fully saturated rings. The zero-order chi connectivity index (χ0) is 22.4. The summed E-state index contributed by atoms with van der Waals surface area (Å²) in [5.41, 5.74) is -1.09. The van der Waals surface area contributed by atoms with Crippen LogP contribution in [0.3, 0.4) is 0 Å². The molecule has 0 atom stereocenters. The highest BCUT2D eigenvalue weighted by atomic mass is 16.6. The van der Waals surface area contributed by atoms with E-state index in [1.165, 1.54) is 7.11 Å². The Hall–Kier alpha value is -1.34. The average Bonchev–Trinajstić information content (AvgIpc) is 2.67. The second-order valence-electron chi connectivity index (χ2n) is 10.3. The quantitative estimate of drug-likeness (QED) is 0.622. The van der Waals surface area contributed by atoms with E-state index in [0.29, 0.717) is 18.1 Å². The van der Waals surface area contributed by atoms with Gasteiger partial charge in [-0.05, 0) is 85.5 Å². The van der Waals surface area contributed by atoms with E-state index in [2.05, 4.69) is 5.32 Å². The predicted octanol–water partition coefficient (Wildman–Crippen LogP) is 3.89. The third-order valence-corrected chi connectivity index (χ3v) is 6.08. The summed E-state index contributed by atoms with van der Waals surface area (Å²) in [5, 5.41) is 3.43. The lowest BCUT2D eigenvalue weighted by Crippen LogP contribution is -2.53. The average molecular weight is 427 g/mol. The number of likely N-dealkylation sites (tertiary alicyclic amines) is 1. The number of hydrogen-bond acceptors (Lipinski definition) is 6. The van der Waals surface area contributed by atoms with Gasteiger partial charge in [0.05, 0.1) is 13.2 Å². The van der Waals surface area contributed by atoms with E-state index < -0.39 is 11.1 Å². The van der Waals surface area contributed by atoms with Gasteiger partial charge >= 0.3 is 12.1 Å². The Balaban J connectivity index is 1.59. The second kappa shape index (κ2) is 10.8. The first kappa shape index (κ1) is 24.9. The highest BCUT2D eigenvalue weighted by molar-refractivity contribution is 5.79. The Morgan fingerprint density at radius 2 is 1.57 bits per heavy atom. The van der Waals surface area contributed by atoms with Crippen LogP contribution in [0.15, 0.2) is 0 Å². The summed E-state index contributed by atoms with van der Waals surface area (Å²) in [4.78, 5) is 25.8. The van der Waals surface area contributed by atoms with Crippen LogP contribution < -0.4 is 5.32 Å². The molecule has 2 aliphatic rings. The molecule has 7 nitrogen and oxygen atoms in total. The number of piperidine rings is 1. The van der Waals surface area contributed by atoms with Gasteiger partial charge in [-0.25, -0.2) is 4.79 Å². The predicted molar refractivity (Wildman–Crippen MR) is 116 cm³/mol. The van der Waals surface area contributed by atoms with Crippen molar-refractivity contribution < 1.29 is 23.8 Å². The van der Waals surface area contributed by atoms with Gasteiger partial charge in [-0.2, -0.15) is 0 Å². The van der Waals surface area contributed by atoms with Gasteiger partial charge in [-0.1, -0.05) is 0 Å². The van der Waals surface area contributed by atoms with E-state index in [1.54, 1.807) is 0 Å². The number of methoxy groups -OCH3 is 1. The fourth-order valence-corrected chi connectivity index (χ4v) is 4.33. The smallest absolute Gasteiger partial charge is 0.410 e. The Kier molecular flexibility index (Phi) is 8.98. The van der Waals surface area contributed by atoms with Crippen LogP contribution in [-0.2, 0) is 19.0 Å². The number of rotatable bonds is 7. The van der Waals surface area contributed by atoms with Crippen LogP contribution in [0.5, 0.6) is 0 Å². The van der Waals surface area contributed by atoms with Gasteiger partial charge in [0, 0.05) is 25.7 Å². The highest BCUT2D eigenvalue weighted by Crippen LogP contribution is 2.26. The van der Waals surface area contributed by atoms with Crippen molar-refractivity contribution in [2.45, 2.75) is 103 Å². The summed E-state index contributed by atoms with van der Waals surface area (Å²) in [5.74, 6) is 0.390. The molecule has 30 heavy (non-hydrogen) atoms. The first-order chi connectivity index (χ1) is 14.0. The Morgan fingerprint density at radius 3 is 2.10 bits per heavy atom. The first-order valence-electron chi connectivity index (χ1n) is 11.5. The van der Waals surface area contributed by atoms with Crippen molar-refractivity contribution in [3.8, 4) is 0 Å². The molecule has 2 rings (SSSR count). The van der Waals surface area contributed by atoms with Gasteiger partial charge in [0.1, 0.15) is 11.1 Å². The molecule has 1 saturated carbocycles. The molecule has 0 bridgehead atoms. The van der Waals surface area contributed by atoms with Crippen LogP contribution >= 0.6 is 0 Å². The number of carbonyl (C=O) groups excluding carboxylic acids is 2. The fraction of sp³-hybridized carbons (Fsp3) is 0.913. The van der Waals surface area contributed by atoms with Crippen molar-refractivity contribution in [3.05, 3.63) is 0 Å². The molecule has 0 unspecified atom stereocenters. The summed E-state index contributed by atoms with van der Waals surface area (Å²) in [6.07, 6.45) is 7.26. The van der Waals surface area contributed by atoms with Crippen LogP contribution in [0, 0.1) is 5.92 Å². The van der Waals surface area contributed by atoms with E-state index >= 15 is 0 Å². The molecule has 0 radical (unpaired) electrons. The number of carbonyl (C=O) groups is 2. The molecule has 0 spiro atoms. The SMILES string of the molecule is COC(=O)C(C)(C)NC1CCC(OCCC2CCN(C(=O)OC(C)(C)C)CC2)CC1. The van der Waals surface area contributed by atoms with Gasteiger partial charge in [0.15, 0.2) is 0 Å². The standard InChI is InChI=1S/C23H42N2O5/c1-22(2,3)30-21(27)25-14-11-17(12-15-25)13-16-29-19-9-7-18(8-10-19)24-23(4,5)20(26)28-6/h17-19,24H,7-16H2,1-6H3. The molecule has 174 valence electrons. The minimum atomic E-state index is -0.652. The van der Waals surface area contributed by atoms with Crippen LogP contribution in [0.2, 0.25) is 0 Å². The summed E-state index contributed by atoms with van der Waals surface area (Å²) < 4.78 is 16.5. The first-order valence-corrected chi connectivity index (χ1v) is 11.5. The maximum atomic E-state index is 12.2. The van der Waals surface area contributed by atoms with Gasteiger partial charge in [-0.15, -0.1) is 0 Å². The van der Waals surface area contributed by atoms with Gasteiger partial charge in [0.25, 0.3) is 0 Å². The zero-order valence-corrected chi connectivity index (χ0v) is 19.8. The molecule has 1 heterocycles. The van der Waals surface area contributed by atoms with Crippen molar-refractivity contribution >= 4 is 12.1 Å². The van der Waals surface area contributed by atoms with Crippen LogP contribution in [0.1, 0.15) is 79.6 Å². The Labute approximate surface area is 182 Å². The maximum Gasteiger partial charge on any atom is 0.410 e. The Bertz CT molecular complexity index is 556. The third-order valence-electron chi connectivity index (χ3n) is 6.08. The van der Waals surface area contributed by atoms with E-state index in [-0.39, 0.29) is 12.1 Å². The number of nitrogens with one attached hydrogen (secondary N) is 1. The summed E-state index contributed by atoms with van der Waals surface area (Å²) in [6.45, 7) is 11.8. The molecule has 0 aromatic carbocycles. The van der Waals surface area contributed by atoms with Crippen molar-refractivity contribution in [2.24, 2.45) is 5.92 Å². The van der Waals surface area contributed by atoms with Crippen molar-refractivity contribution in [1.82, 2.24) is 10.2 Å². The monoisotopic (exact) mass is 426 g/mol. The van der Waals surface area contributed by atoms with E-state index in [1.807, 2.05) is 39.5 Å². The summed E-state index contributed by atoms with van der Waals surface area (Å²) in [6, 6.07) is 0.330. The van der Waals surface area contributed by atoms with Crippen LogP contribution in [-0.4, -0.2) is 67.1 Å². The largest absolute Gasteiger partial charge is 0.468 e. The van der Waals surface area contributed by atoms with Crippen LogP contribution in [0.25, 0.3) is 0 Å². The molecule has 0 aromatic heterocycles. The number of esters is 1. The number of ether oxygens (including phenoxy) is 3. The molecular weight excluding hydrogens is 384 g/mol.